The number of amides is 1. The summed E-state index contributed by atoms with van der Waals surface area (Å²) < 4.78 is 46.0. The maximum Gasteiger partial charge on any atom is 0.573 e. The highest BCUT2D eigenvalue weighted by Crippen LogP contribution is 2.32. The maximum absolute atomic E-state index is 12.4. The predicted octanol–water partition coefficient (Wildman–Crippen LogP) is 5.32. The van der Waals surface area contributed by atoms with E-state index in [9.17, 15) is 18.0 Å². The zero-order valence-corrected chi connectivity index (χ0v) is 14.5. The summed E-state index contributed by atoms with van der Waals surface area (Å²) in [5, 5.41) is 4.39. The van der Waals surface area contributed by atoms with Gasteiger partial charge in [-0.2, -0.15) is 0 Å². The SMILES string of the molecule is O=C(Nc1ccc(OC(F)(F)F)cc1Br)c1ncoc1-c1cccs1. The largest absolute Gasteiger partial charge is 0.573 e. The Morgan fingerprint density at radius 3 is 2.76 bits per heavy atom. The summed E-state index contributed by atoms with van der Waals surface area (Å²) >= 11 is 4.48. The minimum absolute atomic E-state index is 0.0740. The van der Waals surface area contributed by atoms with Crippen molar-refractivity contribution in [3.05, 3.63) is 52.3 Å². The van der Waals surface area contributed by atoms with Crippen LogP contribution < -0.4 is 10.1 Å². The lowest BCUT2D eigenvalue weighted by molar-refractivity contribution is -0.274. The van der Waals surface area contributed by atoms with Gasteiger partial charge in [0.15, 0.2) is 17.8 Å². The Morgan fingerprint density at radius 1 is 1.32 bits per heavy atom. The number of nitrogens with zero attached hydrogens (tertiary/aromatic N) is 1. The number of hydrogen-bond donors (Lipinski definition) is 1. The number of aromatic nitrogens is 1. The zero-order chi connectivity index (χ0) is 18.0. The van der Waals surface area contributed by atoms with Crippen LogP contribution in [0.5, 0.6) is 5.75 Å². The van der Waals surface area contributed by atoms with E-state index in [-0.39, 0.29) is 15.9 Å². The Morgan fingerprint density at radius 2 is 2.12 bits per heavy atom. The number of benzene rings is 1. The van der Waals surface area contributed by atoms with E-state index < -0.39 is 18.0 Å². The molecule has 3 rings (SSSR count). The van der Waals surface area contributed by atoms with Crippen molar-refractivity contribution in [3.8, 4) is 16.4 Å². The van der Waals surface area contributed by atoms with Crippen LogP contribution in [0.4, 0.5) is 18.9 Å². The van der Waals surface area contributed by atoms with E-state index in [0.717, 1.165) is 23.4 Å². The van der Waals surface area contributed by atoms with Crippen LogP contribution in [0.15, 0.2) is 51.0 Å². The number of rotatable bonds is 4. The van der Waals surface area contributed by atoms with Crippen LogP contribution in [0.1, 0.15) is 10.5 Å². The van der Waals surface area contributed by atoms with Crippen molar-refractivity contribution in [1.29, 1.82) is 0 Å². The van der Waals surface area contributed by atoms with Gasteiger partial charge < -0.3 is 14.5 Å². The van der Waals surface area contributed by atoms with Crippen LogP contribution >= 0.6 is 27.3 Å². The van der Waals surface area contributed by atoms with E-state index in [1.807, 2.05) is 5.38 Å². The third-order valence-electron chi connectivity index (χ3n) is 2.95. The first kappa shape index (κ1) is 17.5. The molecule has 0 aliphatic carbocycles. The summed E-state index contributed by atoms with van der Waals surface area (Å²) in [6, 6.07) is 7.07. The normalized spacial score (nSPS) is 11.4. The Hall–Kier alpha value is -2.33. The molecule has 0 spiro atoms. The van der Waals surface area contributed by atoms with Gasteiger partial charge in [-0.1, -0.05) is 6.07 Å². The van der Waals surface area contributed by atoms with Crippen LogP contribution in [-0.4, -0.2) is 17.3 Å². The van der Waals surface area contributed by atoms with E-state index in [2.05, 4.69) is 31.0 Å². The Kier molecular flexibility index (Phi) is 4.82. The Bertz CT molecular complexity index is 894. The maximum atomic E-state index is 12.4. The Labute approximate surface area is 151 Å². The standard InChI is InChI=1S/C15H8BrF3N2O3S/c16-9-6-8(24-15(17,18)19)3-4-10(9)21-14(22)12-13(23-7-20-12)11-2-1-5-25-11/h1-7H,(H,21,22). The summed E-state index contributed by atoms with van der Waals surface area (Å²) in [6.45, 7) is 0. The molecule has 0 atom stereocenters. The summed E-state index contributed by atoms with van der Waals surface area (Å²) in [5.41, 5.74) is 0.338. The summed E-state index contributed by atoms with van der Waals surface area (Å²) in [5.74, 6) is -0.638. The molecule has 0 fully saturated rings. The van der Waals surface area contributed by atoms with Crippen LogP contribution in [0.3, 0.4) is 0 Å². The number of carbonyl (C=O) groups excluding carboxylic acids is 1. The molecule has 130 valence electrons. The van der Waals surface area contributed by atoms with Crippen molar-refractivity contribution >= 4 is 38.9 Å². The number of carbonyl (C=O) groups is 1. The van der Waals surface area contributed by atoms with Crippen LogP contribution in [0, 0.1) is 0 Å². The molecule has 0 aliphatic rings. The van der Waals surface area contributed by atoms with Crippen LogP contribution in [0.25, 0.3) is 10.6 Å². The summed E-state index contributed by atoms with van der Waals surface area (Å²) in [7, 11) is 0. The average Bonchev–Trinajstić information content (AvgIpc) is 3.17. The van der Waals surface area contributed by atoms with Crippen molar-refractivity contribution in [2.45, 2.75) is 6.36 Å². The van der Waals surface area contributed by atoms with Crippen LogP contribution in [-0.2, 0) is 0 Å². The van der Waals surface area contributed by atoms with E-state index in [1.165, 1.54) is 17.4 Å². The molecule has 1 amide bonds. The Balaban J connectivity index is 1.79. The first-order valence-electron chi connectivity index (χ1n) is 6.67. The molecule has 10 heteroatoms. The van der Waals surface area contributed by atoms with Gasteiger partial charge in [0.1, 0.15) is 5.75 Å². The second kappa shape index (κ2) is 6.89. The number of ether oxygens (including phenoxy) is 1. The molecule has 0 radical (unpaired) electrons. The molecule has 0 unspecified atom stereocenters. The van der Waals surface area contributed by atoms with Crippen molar-refractivity contribution in [1.82, 2.24) is 4.98 Å². The van der Waals surface area contributed by atoms with Crippen molar-refractivity contribution in [2.75, 3.05) is 5.32 Å². The molecule has 25 heavy (non-hydrogen) atoms. The lowest BCUT2D eigenvalue weighted by Gasteiger charge is -2.11. The first-order chi connectivity index (χ1) is 11.8. The highest BCUT2D eigenvalue weighted by atomic mass is 79.9. The fraction of sp³-hybridized carbons (Fsp3) is 0.0667. The van der Waals surface area contributed by atoms with E-state index >= 15 is 0 Å². The van der Waals surface area contributed by atoms with Crippen molar-refractivity contribution < 1.29 is 27.1 Å². The number of hydrogen-bond acceptors (Lipinski definition) is 5. The molecule has 1 aromatic carbocycles. The second-order valence-electron chi connectivity index (χ2n) is 4.65. The van der Waals surface area contributed by atoms with Gasteiger partial charge >= 0.3 is 6.36 Å². The van der Waals surface area contributed by atoms with Gasteiger partial charge in [-0.15, -0.1) is 24.5 Å². The molecule has 0 saturated carbocycles. The van der Waals surface area contributed by atoms with Gasteiger partial charge in [0.25, 0.3) is 5.91 Å². The number of alkyl halides is 3. The average molecular weight is 433 g/mol. The van der Waals surface area contributed by atoms with Gasteiger partial charge in [-0.3, -0.25) is 4.79 Å². The molecule has 2 heterocycles. The second-order valence-corrected chi connectivity index (χ2v) is 6.45. The van der Waals surface area contributed by atoms with Crippen molar-refractivity contribution in [2.24, 2.45) is 0 Å². The molecule has 5 nitrogen and oxygen atoms in total. The number of halogens is 4. The minimum Gasteiger partial charge on any atom is -0.442 e. The number of oxazole rings is 1. The number of anilines is 1. The lowest BCUT2D eigenvalue weighted by Crippen LogP contribution is -2.17. The fourth-order valence-corrected chi connectivity index (χ4v) is 3.14. The van der Waals surface area contributed by atoms with Gasteiger partial charge in [-0.25, -0.2) is 4.98 Å². The zero-order valence-electron chi connectivity index (χ0n) is 12.1. The smallest absolute Gasteiger partial charge is 0.442 e. The molecule has 1 N–H and O–H groups in total. The fourth-order valence-electron chi connectivity index (χ4n) is 1.97. The molecule has 0 bridgehead atoms. The van der Waals surface area contributed by atoms with Gasteiger partial charge in [0.05, 0.1) is 10.6 Å². The number of nitrogens with one attached hydrogen (secondary N) is 1. The highest BCUT2D eigenvalue weighted by Gasteiger charge is 2.31. The number of thiophene rings is 1. The molecule has 0 aliphatic heterocycles. The summed E-state index contributed by atoms with van der Waals surface area (Å²) in [4.78, 5) is 17.0. The quantitative estimate of drug-likeness (QED) is 0.605. The summed E-state index contributed by atoms with van der Waals surface area (Å²) in [6.07, 6.45) is -3.64. The van der Waals surface area contributed by atoms with Gasteiger partial charge in [0, 0.05) is 4.47 Å². The monoisotopic (exact) mass is 432 g/mol. The van der Waals surface area contributed by atoms with Crippen LogP contribution in [0.2, 0.25) is 0 Å². The van der Waals surface area contributed by atoms with E-state index in [0.29, 0.717) is 5.76 Å². The third-order valence-corrected chi connectivity index (χ3v) is 4.47. The minimum atomic E-state index is -4.79. The van der Waals surface area contributed by atoms with E-state index in [1.54, 1.807) is 12.1 Å². The van der Waals surface area contributed by atoms with Crippen molar-refractivity contribution in [3.63, 3.8) is 0 Å². The molecule has 2 aromatic heterocycles. The molecular formula is C15H8BrF3N2O3S. The lowest BCUT2D eigenvalue weighted by atomic mass is 10.2. The van der Waals surface area contributed by atoms with E-state index in [4.69, 9.17) is 4.42 Å². The highest BCUT2D eigenvalue weighted by molar-refractivity contribution is 9.10. The predicted molar refractivity (Wildman–Crippen MR) is 88.6 cm³/mol. The first-order valence-corrected chi connectivity index (χ1v) is 8.35. The molecule has 3 aromatic rings. The third kappa shape index (κ3) is 4.20. The topological polar surface area (TPSA) is 64.4 Å². The molecular weight excluding hydrogens is 425 g/mol. The van der Waals surface area contributed by atoms with Gasteiger partial charge in [0.2, 0.25) is 0 Å². The van der Waals surface area contributed by atoms with Gasteiger partial charge in [-0.05, 0) is 45.6 Å². The molecule has 0 saturated heterocycles.